The zero-order chi connectivity index (χ0) is 19.9. The van der Waals surface area contributed by atoms with Crippen LogP contribution in [0.4, 0.5) is 0 Å². The molecular weight excluding hydrogens is 396 g/mol. The molecule has 0 saturated heterocycles. The molecule has 3 aromatic rings. The van der Waals surface area contributed by atoms with Gasteiger partial charge in [-0.2, -0.15) is 0 Å². The number of nitrogens with zero attached hydrogens (tertiary/aromatic N) is 1. The summed E-state index contributed by atoms with van der Waals surface area (Å²) in [6.45, 7) is 2.96. The first-order chi connectivity index (χ1) is 13.6. The van der Waals surface area contributed by atoms with E-state index in [1.807, 2.05) is 31.2 Å². The first kappa shape index (κ1) is 20.2. The number of amides is 1. The van der Waals surface area contributed by atoms with Crippen LogP contribution >= 0.6 is 22.9 Å². The van der Waals surface area contributed by atoms with Crippen LogP contribution in [0.1, 0.15) is 23.9 Å². The van der Waals surface area contributed by atoms with Crippen LogP contribution in [0.3, 0.4) is 0 Å². The van der Waals surface area contributed by atoms with Gasteiger partial charge >= 0.3 is 0 Å². The number of hydrogen-bond donors (Lipinski definition) is 1. The van der Waals surface area contributed by atoms with E-state index in [9.17, 15) is 4.79 Å². The molecule has 1 heterocycles. The van der Waals surface area contributed by atoms with E-state index in [1.165, 1.54) is 6.08 Å². The first-order valence-electron chi connectivity index (χ1n) is 8.91. The number of ether oxygens (including phenoxy) is 2. The fourth-order valence-electron chi connectivity index (χ4n) is 2.57. The van der Waals surface area contributed by atoms with Crippen LogP contribution in [0.15, 0.2) is 42.5 Å². The summed E-state index contributed by atoms with van der Waals surface area (Å²) in [5.74, 6) is 0.847. The second kappa shape index (κ2) is 9.57. The molecule has 2 aromatic carbocycles. The highest BCUT2D eigenvalue weighted by molar-refractivity contribution is 7.18. The van der Waals surface area contributed by atoms with E-state index in [-0.39, 0.29) is 5.91 Å². The van der Waals surface area contributed by atoms with Crippen molar-refractivity contribution in [2.75, 3.05) is 13.7 Å². The largest absolute Gasteiger partial charge is 0.493 e. The zero-order valence-corrected chi connectivity index (χ0v) is 17.3. The van der Waals surface area contributed by atoms with Gasteiger partial charge in [-0.1, -0.05) is 30.7 Å². The lowest BCUT2D eigenvalue weighted by molar-refractivity contribution is -0.116. The predicted octanol–water partition coefficient (Wildman–Crippen LogP) is 5.08. The van der Waals surface area contributed by atoms with Crippen molar-refractivity contribution in [3.8, 4) is 11.5 Å². The Morgan fingerprint density at radius 3 is 2.89 bits per heavy atom. The Balaban J connectivity index is 1.63. The molecule has 5 nitrogen and oxygen atoms in total. The topological polar surface area (TPSA) is 60.5 Å². The van der Waals surface area contributed by atoms with Crippen molar-refractivity contribution in [1.29, 1.82) is 0 Å². The Hall–Kier alpha value is -2.57. The summed E-state index contributed by atoms with van der Waals surface area (Å²) in [5, 5.41) is 4.16. The van der Waals surface area contributed by atoms with Gasteiger partial charge in [0.05, 0.1) is 35.5 Å². The van der Waals surface area contributed by atoms with Crippen LogP contribution in [0.25, 0.3) is 16.3 Å². The van der Waals surface area contributed by atoms with Gasteiger partial charge in [-0.05, 0) is 42.3 Å². The van der Waals surface area contributed by atoms with Gasteiger partial charge in [0, 0.05) is 6.08 Å². The average Bonchev–Trinajstić information content (AvgIpc) is 3.12. The van der Waals surface area contributed by atoms with Gasteiger partial charge < -0.3 is 14.8 Å². The highest BCUT2D eigenvalue weighted by Crippen LogP contribution is 2.36. The number of carbonyl (C=O) groups excluding carboxylic acids is 1. The SMILES string of the molecule is CCCOc1c(Cl)cc(/C=C/C(=O)NCc2nc3ccccc3s2)cc1OC. The molecule has 28 heavy (non-hydrogen) atoms. The Morgan fingerprint density at radius 2 is 2.14 bits per heavy atom. The second-order valence-electron chi connectivity index (χ2n) is 6.01. The van der Waals surface area contributed by atoms with Gasteiger partial charge in [0.1, 0.15) is 5.01 Å². The van der Waals surface area contributed by atoms with Gasteiger partial charge in [-0.15, -0.1) is 11.3 Å². The van der Waals surface area contributed by atoms with E-state index in [0.717, 1.165) is 27.2 Å². The molecule has 1 N–H and O–H groups in total. The van der Waals surface area contributed by atoms with Crippen LogP contribution in [-0.2, 0) is 11.3 Å². The van der Waals surface area contributed by atoms with Crippen molar-refractivity contribution >= 4 is 45.1 Å². The van der Waals surface area contributed by atoms with Crippen LogP contribution in [0.5, 0.6) is 11.5 Å². The average molecular weight is 417 g/mol. The summed E-state index contributed by atoms with van der Waals surface area (Å²) in [7, 11) is 1.56. The smallest absolute Gasteiger partial charge is 0.244 e. The van der Waals surface area contributed by atoms with Crippen LogP contribution in [0.2, 0.25) is 5.02 Å². The third-order valence-corrected chi connectivity index (χ3v) is 5.20. The number of aromatic nitrogens is 1. The van der Waals surface area contributed by atoms with E-state index < -0.39 is 0 Å². The van der Waals surface area contributed by atoms with Gasteiger partial charge in [-0.3, -0.25) is 4.79 Å². The van der Waals surface area contributed by atoms with Crippen molar-refractivity contribution in [3.05, 3.63) is 58.1 Å². The number of fused-ring (bicyclic) bond motifs is 1. The molecule has 0 saturated carbocycles. The lowest BCUT2D eigenvalue weighted by Gasteiger charge is -2.12. The van der Waals surface area contributed by atoms with Crippen LogP contribution < -0.4 is 14.8 Å². The Bertz CT molecular complexity index is 967. The van der Waals surface area contributed by atoms with Crippen molar-refractivity contribution in [2.24, 2.45) is 0 Å². The minimum atomic E-state index is -0.208. The molecule has 0 bridgehead atoms. The third kappa shape index (κ3) is 5.03. The van der Waals surface area contributed by atoms with Crippen molar-refractivity contribution < 1.29 is 14.3 Å². The van der Waals surface area contributed by atoms with Crippen molar-refractivity contribution in [1.82, 2.24) is 10.3 Å². The molecular formula is C21H21ClN2O3S. The van der Waals surface area contributed by atoms with Crippen molar-refractivity contribution in [3.63, 3.8) is 0 Å². The molecule has 0 aliphatic heterocycles. The first-order valence-corrected chi connectivity index (χ1v) is 10.1. The number of benzene rings is 2. The maximum Gasteiger partial charge on any atom is 0.244 e. The number of carbonyl (C=O) groups is 1. The van der Waals surface area contributed by atoms with Gasteiger partial charge in [0.2, 0.25) is 5.91 Å². The monoisotopic (exact) mass is 416 g/mol. The third-order valence-electron chi connectivity index (χ3n) is 3.88. The van der Waals surface area contributed by atoms with Crippen LogP contribution in [0, 0.1) is 0 Å². The molecule has 0 spiro atoms. The summed E-state index contributed by atoms with van der Waals surface area (Å²) < 4.78 is 12.1. The number of halogens is 1. The van der Waals surface area contributed by atoms with E-state index in [4.69, 9.17) is 21.1 Å². The molecule has 0 radical (unpaired) electrons. The highest BCUT2D eigenvalue weighted by Gasteiger charge is 2.11. The lowest BCUT2D eigenvalue weighted by atomic mass is 10.2. The molecule has 1 aromatic heterocycles. The quantitative estimate of drug-likeness (QED) is 0.520. The van der Waals surface area contributed by atoms with Gasteiger partial charge in [0.15, 0.2) is 11.5 Å². The normalized spacial score (nSPS) is 11.1. The Morgan fingerprint density at radius 1 is 1.32 bits per heavy atom. The second-order valence-corrected chi connectivity index (χ2v) is 7.53. The highest BCUT2D eigenvalue weighted by atomic mass is 35.5. The molecule has 1 amide bonds. The number of hydrogen-bond acceptors (Lipinski definition) is 5. The van der Waals surface area contributed by atoms with Gasteiger partial charge in [-0.25, -0.2) is 4.98 Å². The number of thiazole rings is 1. The molecule has 0 unspecified atom stereocenters. The minimum absolute atomic E-state index is 0.208. The van der Waals surface area contributed by atoms with E-state index in [2.05, 4.69) is 10.3 Å². The molecule has 0 fully saturated rings. The predicted molar refractivity (Wildman–Crippen MR) is 114 cm³/mol. The molecule has 0 atom stereocenters. The fourth-order valence-corrected chi connectivity index (χ4v) is 3.75. The lowest BCUT2D eigenvalue weighted by Crippen LogP contribution is -2.20. The van der Waals surface area contributed by atoms with Crippen molar-refractivity contribution in [2.45, 2.75) is 19.9 Å². The summed E-state index contributed by atoms with van der Waals surface area (Å²) in [4.78, 5) is 16.6. The zero-order valence-electron chi connectivity index (χ0n) is 15.7. The summed E-state index contributed by atoms with van der Waals surface area (Å²) in [6.07, 6.45) is 4.02. The molecule has 0 aliphatic carbocycles. The maximum atomic E-state index is 12.1. The molecule has 0 aliphatic rings. The van der Waals surface area contributed by atoms with Gasteiger partial charge in [0.25, 0.3) is 0 Å². The minimum Gasteiger partial charge on any atom is -0.493 e. The van der Waals surface area contributed by atoms with E-state index >= 15 is 0 Å². The Labute approximate surface area is 173 Å². The number of rotatable bonds is 8. The number of nitrogens with one attached hydrogen (secondary N) is 1. The molecule has 7 heteroatoms. The number of methoxy groups -OCH3 is 1. The van der Waals surface area contributed by atoms with Crippen LogP contribution in [-0.4, -0.2) is 24.6 Å². The number of para-hydroxylation sites is 1. The molecule has 3 rings (SSSR count). The van der Waals surface area contributed by atoms with E-state index in [0.29, 0.717) is 29.7 Å². The summed E-state index contributed by atoms with van der Waals surface area (Å²) >= 11 is 7.87. The maximum absolute atomic E-state index is 12.1. The fraction of sp³-hybridized carbons (Fsp3) is 0.238. The Kier molecular flexibility index (Phi) is 6.90. The molecule has 146 valence electrons. The summed E-state index contributed by atoms with van der Waals surface area (Å²) in [6, 6.07) is 11.4. The van der Waals surface area contributed by atoms with E-state index in [1.54, 1.807) is 36.7 Å². The standard InChI is InChI=1S/C21H21ClN2O3S/c1-3-10-27-21-15(22)11-14(12-17(21)26-2)8-9-19(25)23-13-20-24-16-6-4-5-7-18(16)28-20/h4-9,11-12H,3,10,13H2,1-2H3,(H,23,25)/b9-8+. The summed E-state index contributed by atoms with van der Waals surface area (Å²) in [5.41, 5.74) is 1.69.